The van der Waals surface area contributed by atoms with E-state index < -0.39 is 0 Å². The highest BCUT2D eigenvalue weighted by atomic mass is 14.5. The molecule has 68 valence electrons. The highest BCUT2D eigenvalue weighted by Crippen LogP contribution is 2.07. The molecular formula is C11H19N. The Balaban J connectivity index is 0.000000561. The molecule has 0 aromatic heterocycles. The Hall–Kier alpha value is -0.820. The van der Waals surface area contributed by atoms with Crippen molar-refractivity contribution in [1.29, 1.82) is 0 Å². The van der Waals surface area contributed by atoms with Crippen LogP contribution in [0.3, 0.4) is 0 Å². The van der Waals surface area contributed by atoms with Gasteiger partial charge in [-0.05, 0) is 17.5 Å². The zero-order chi connectivity index (χ0) is 9.40. The fourth-order valence-electron chi connectivity index (χ4n) is 1.10. The van der Waals surface area contributed by atoms with Crippen molar-refractivity contribution in [2.75, 3.05) is 0 Å². The monoisotopic (exact) mass is 165 g/mol. The third kappa shape index (κ3) is 3.05. The maximum absolute atomic E-state index is 5.53. The quantitative estimate of drug-likeness (QED) is 0.716. The Bertz CT molecular complexity index is 183. The van der Waals surface area contributed by atoms with Crippen molar-refractivity contribution in [3.63, 3.8) is 0 Å². The number of nitrogens with two attached hydrogens (primary N) is 1. The summed E-state index contributed by atoms with van der Waals surface area (Å²) in [4.78, 5) is 0. The van der Waals surface area contributed by atoms with Gasteiger partial charge in [0.2, 0.25) is 0 Å². The number of hydrogen-bond donors (Lipinski definition) is 1. The maximum atomic E-state index is 5.53. The van der Waals surface area contributed by atoms with Crippen molar-refractivity contribution in [2.24, 2.45) is 5.73 Å². The number of aryl methyl sites for hydroxylation is 1. The summed E-state index contributed by atoms with van der Waals surface area (Å²) in [7, 11) is 0. The van der Waals surface area contributed by atoms with Crippen LogP contribution in [0, 0.1) is 0 Å². The fraction of sp³-hybridized carbons (Fsp3) is 0.455. The van der Waals surface area contributed by atoms with E-state index in [2.05, 4.69) is 25.1 Å². The van der Waals surface area contributed by atoms with E-state index in [0.29, 0.717) is 6.54 Å². The summed E-state index contributed by atoms with van der Waals surface area (Å²) in [6.07, 6.45) is 1.08. The molecule has 0 heterocycles. The van der Waals surface area contributed by atoms with Gasteiger partial charge in [-0.1, -0.05) is 45.0 Å². The first kappa shape index (κ1) is 11.2. The SMILES string of the molecule is CC.CCc1ccccc1CN. The first-order valence-electron chi connectivity index (χ1n) is 4.65. The topological polar surface area (TPSA) is 26.0 Å². The molecule has 0 aliphatic carbocycles. The van der Waals surface area contributed by atoms with Crippen molar-refractivity contribution in [3.8, 4) is 0 Å². The van der Waals surface area contributed by atoms with Crippen LogP contribution in [0.25, 0.3) is 0 Å². The third-order valence-electron chi connectivity index (χ3n) is 1.72. The molecule has 12 heavy (non-hydrogen) atoms. The molecule has 1 rings (SSSR count). The molecule has 0 aliphatic rings. The minimum atomic E-state index is 0.657. The van der Waals surface area contributed by atoms with Crippen LogP contribution in [-0.2, 0) is 13.0 Å². The van der Waals surface area contributed by atoms with Crippen LogP contribution in [0.5, 0.6) is 0 Å². The molecule has 0 radical (unpaired) electrons. The van der Waals surface area contributed by atoms with E-state index >= 15 is 0 Å². The first-order valence-corrected chi connectivity index (χ1v) is 4.65. The van der Waals surface area contributed by atoms with Crippen molar-refractivity contribution in [2.45, 2.75) is 33.7 Å². The summed E-state index contributed by atoms with van der Waals surface area (Å²) in [5, 5.41) is 0. The van der Waals surface area contributed by atoms with Gasteiger partial charge in [-0.2, -0.15) is 0 Å². The molecule has 2 N–H and O–H groups in total. The van der Waals surface area contributed by atoms with E-state index in [1.165, 1.54) is 11.1 Å². The largest absolute Gasteiger partial charge is 0.326 e. The number of benzene rings is 1. The molecule has 1 aromatic rings. The van der Waals surface area contributed by atoms with Crippen molar-refractivity contribution >= 4 is 0 Å². The Labute approximate surface area is 75.6 Å². The molecule has 0 amide bonds. The average Bonchev–Trinajstić information content (AvgIpc) is 2.20. The van der Waals surface area contributed by atoms with E-state index in [4.69, 9.17) is 5.73 Å². The second kappa shape index (κ2) is 6.86. The Kier molecular flexibility index (Phi) is 6.39. The Morgan fingerprint density at radius 1 is 1.08 bits per heavy atom. The average molecular weight is 165 g/mol. The van der Waals surface area contributed by atoms with Crippen LogP contribution >= 0.6 is 0 Å². The van der Waals surface area contributed by atoms with Gasteiger partial charge in [-0.25, -0.2) is 0 Å². The van der Waals surface area contributed by atoms with Crippen LogP contribution in [0.2, 0.25) is 0 Å². The van der Waals surface area contributed by atoms with E-state index in [1.54, 1.807) is 0 Å². The molecule has 1 aromatic carbocycles. The molecular weight excluding hydrogens is 146 g/mol. The van der Waals surface area contributed by atoms with Gasteiger partial charge in [0.05, 0.1) is 0 Å². The normalized spacial score (nSPS) is 8.67. The second-order valence-electron chi connectivity index (χ2n) is 2.33. The van der Waals surface area contributed by atoms with Gasteiger partial charge >= 0.3 is 0 Å². The van der Waals surface area contributed by atoms with Crippen molar-refractivity contribution in [3.05, 3.63) is 35.4 Å². The molecule has 0 fully saturated rings. The zero-order valence-corrected chi connectivity index (χ0v) is 8.30. The van der Waals surface area contributed by atoms with Crippen molar-refractivity contribution < 1.29 is 0 Å². The summed E-state index contributed by atoms with van der Waals surface area (Å²) < 4.78 is 0. The molecule has 0 bridgehead atoms. The maximum Gasteiger partial charge on any atom is 0.0180 e. The Morgan fingerprint density at radius 2 is 1.58 bits per heavy atom. The molecule has 0 atom stereocenters. The van der Waals surface area contributed by atoms with Crippen LogP contribution in [0.1, 0.15) is 31.9 Å². The van der Waals surface area contributed by atoms with Gasteiger partial charge in [0.25, 0.3) is 0 Å². The molecule has 0 aliphatic heterocycles. The number of rotatable bonds is 2. The molecule has 1 heteroatoms. The minimum Gasteiger partial charge on any atom is -0.326 e. The second-order valence-corrected chi connectivity index (χ2v) is 2.33. The smallest absolute Gasteiger partial charge is 0.0180 e. The first-order chi connectivity index (χ1) is 5.88. The van der Waals surface area contributed by atoms with Gasteiger partial charge in [-0.15, -0.1) is 0 Å². The van der Waals surface area contributed by atoms with E-state index in [9.17, 15) is 0 Å². The standard InChI is InChI=1S/C9H13N.C2H6/c1-2-8-5-3-4-6-9(8)7-10;1-2/h3-6H,2,7,10H2,1H3;1-2H3. The molecule has 1 nitrogen and oxygen atoms in total. The van der Waals surface area contributed by atoms with E-state index in [1.807, 2.05) is 19.9 Å². The summed E-state index contributed by atoms with van der Waals surface area (Å²) >= 11 is 0. The van der Waals surface area contributed by atoms with Gasteiger partial charge in [0.15, 0.2) is 0 Å². The van der Waals surface area contributed by atoms with Crippen LogP contribution in [0.15, 0.2) is 24.3 Å². The van der Waals surface area contributed by atoms with Crippen LogP contribution in [-0.4, -0.2) is 0 Å². The van der Waals surface area contributed by atoms with E-state index in [-0.39, 0.29) is 0 Å². The third-order valence-corrected chi connectivity index (χ3v) is 1.72. The zero-order valence-electron chi connectivity index (χ0n) is 8.30. The lowest BCUT2D eigenvalue weighted by Crippen LogP contribution is -1.99. The summed E-state index contributed by atoms with van der Waals surface area (Å²) in [5.41, 5.74) is 8.16. The predicted octanol–water partition coefficient (Wildman–Crippen LogP) is 2.73. The van der Waals surface area contributed by atoms with Gasteiger partial charge in [0.1, 0.15) is 0 Å². The lowest BCUT2D eigenvalue weighted by molar-refractivity contribution is 1.00. The highest BCUT2D eigenvalue weighted by Gasteiger charge is 1.94. The minimum absolute atomic E-state index is 0.657. The number of hydrogen-bond acceptors (Lipinski definition) is 1. The van der Waals surface area contributed by atoms with Crippen LogP contribution in [0.4, 0.5) is 0 Å². The summed E-state index contributed by atoms with van der Waals surface area (Å²) in [6.45, 7) is 6.80. The Morgan fingerprint density at radius 3 is 1.92 bits per heavy atom. The molecule has 0 saturated carbocycles. The molecule has 0 unspecified atom stereocenters. The van der Waals surface area contributed by atoms with Gasteiger partial charge < -0.3 is 5.73 Å². The van der Waals surface area contributed by atoms with E-state index in [0.717, 1.165) is 6.42 Å². The summed E-state index contributed by atoms with van der Waals surface area (Å²) in [6, 6.07) is 8.29. The summed E-state index contributed by atoms with van der Waals surface area (Å²) in [5.74, 6) is 0. The molecule has 0 spiro atoms. The van der Waals surface area contributed by atoms with Crippen LogP contribution < -0.4 is 5.73 Å². The predicted molar refractivity (Wildman–Crippen MR) is 55.1 cm³/mol. The van der Waals surface area contributed by atoms with Crippen molar-refractivity contribution in [1.82, 2.24) is 0 Å². The fourth-order valence-corrected chi connectivity index (χ4v) is 1.10. The van der Waals surface area contributed by atoms with Gasteiger partial charge in [-0.3, -0.25) is 0 Å². The highest BCUT2D eigenvalue weighted by molar-refractivity contribution is 5.26. The lowest BCUT2D eigenvalue weighted by Gasteiger charge is -2.02. The molecule has 0 saturated heterocycles. The lowest BCUT2D eigenvalue weighted by atomic mass is 10.1. The van der Waals surface area contributed by atoms with Gasteiger partial charge in [0, 0.05) is 6.54 Å².